The minimum absolute atomic E-state index is 0.0791. The first-order chi connectivity index (χ1) is 9.23. The van der Waals surface area contributed by atoms with E-state index in [1.165, 1.54) is 0 Å². The summed E-state index contributed by atoms with van der Waals surface area (Å²) in [5.74, 6) is 0. The Morgan fingerprint density at radius 2 is 1.57 bits per heavy atom. The number of aliphatic hydroxyl groups is 1. The molecule has 1 aliphatic heterocycles. The molecule has 0 spiro atoms. The molecule has 4 nitrogen and oxygen atoms in total. The van der Waals surface area contributed by atoms with Gasteiger partial charge in [0.2, 0.25) is 0 Å². The Bertz CT molecular complexity index is 347. The maximum Gasteiger partial charge on any atom is 0.192 e. The van der Waals surface area contributed by atoms with Gasteiger partial charge in [-0.25, -0.2) is 0 Å². The molecule has 1 aliphatic rings. The first kappa shape index (κ1) is 19.3. The van der Waals surface area contributed by atoms with Crippen LogP contribution in [0.2, 0.25) is 37.8 Å². The average molecular weight is 335 g/mol. The van der Waals surface area contributed by atoms with Crippen LogP contribution in [0.3, 0.4) is 0 Å². The minimum Gasteiger partial charge on any atom is -0.412 e. The predicted molar refractivity (Wildman–Crippen MR) is 91.5 cm³/mol. The molecule has 0 amide bonds. The number of ether oxygens (including phenoxy) is 1. The summed E-state index contributed by atoms with van der Waals surface area (Å²) in [4.78, 5) is 0. The van der Waals surface area contributed by atoms with Gasteiger partial charge in [0, 0.05) is 6.42 Å². The van der Waals surface area contributed by atoms with Crippen LogP contribution in [0.1, 0.15) is 34.1 Å². The van der Waals surface area contributed by atoms with E-state index in [1.54, 1.807) is 0 Å². The van der Waals surface area contributed by atoms with Crippen LogP contribution in [-0.2, 0) is 13.6 Å². The molecule has 126 valence electrons. The molecule has 1 heterocycles. The summed E-state index contributed by atoms with van der Waals surface area (Å²) >= 11 is 0. The van der Waals surface area contributed by atoms with Crippen LogP contribution in [0.25, 0.3) is 0 Å². The zero-order chi connectivity index (χ0) is 16.6. The van der Waals surface area contributed by atoms with Gasteiger partial charge in [-0.05, 0) is 44.7 Å². The number of rotatable bonds is 4. The van der Waals surface area contributed by atoms with Gasteiger partial charge in [0.25, 0.3) is 0 Å². The summed E-state index contributed by atoms with van der Waals surface area (Å²) in [7, 11) is -3.60. The van der Waals surface area contributed by atoms with Crippen molar-refractivity contribution in [2.24, 2.45) is 0 Å². The first-order valence-corrected chi connectivity index (χ1v) is 14.2. The van der Waals surface area contributed by atoms with Crippen LogP contribution in [0.4, 0.5) is 0 Å². The summed E-state index contributed by atoms with van der Waals surface area (Å²) < 4.78 is 18.4. The maximum atomic E-state index is 9.89. The normalized spacial score (nSPS) is 32.3. The highest BCUT2D eigenvalue weighted by Gasteiger charge is 2.46. The van der Waals surface area contributed by atoms with Crippen LogP contribution in [0, 0.1) is 0 Å². The Kier molecular flexibility index (Phi) is 5.90. The van der Waals surface area contributed by atoms with Crippen LogP contribution in [0.15, 0.2) is 0 Å². The van der Waals surface area contributed by atoms with Crippen molar-refractivity contribution >= 4 is 16.6 Å². The molecule has 1 fully saturated rings. The molecule has 0 radical (unpaired) electrons. The number of aliphatic hydroxyl groups excluding tert-OH is 1. The zero-order valence-corrected chi connectivity index (χ0v) is 17.2. The Labute approximate surface area is 132 Å². The van der Waals surface area contributed by atoms with Crippen molar-refractivity contribution in [3.63, 3.8) is 0 Å². The lowest BCUT2D eigenvalue weighted by atomic mass is 10.0. The molecule has 0 aromatic rings. The molecule has 6 heteroatoms. The minimum atomic E-state index is -1.90. The molecule has 4 atom stereocenters. The Hall–Kier alpha value is 0.274. The second kappa shape index (κ2) is 6.41. The molecule has 0 aromatic carbocycles. The fourth-order valence-corrected chi connectivity index (χ4v) is 4.79. The van der Waals surface area contributed by atoms with Crippen LogP contribution >= 0.6 is 0 Å². The molecular formula is C15H34O4Si2. The van der Waals surface area contributed by atoms with Crippen molar-refractivity contribution in [2.75, 3.05) is 0 Å². The first-order valence-electron chi connectivity index (χ1n) is 7.92. The quantitative estimate of drug-likeness (QED) is 0.796. The van der Waals surface area contributed by atoms with Crippen LogP contribution in [-0.4, -0.2) is 46.3 Å². The molecule has 1 saturated heterocycles. The molecule has 1 N–H and O–H groups in total. The molecular weight excluding hydrogens is 300 g/mol. The van der Waals surface area contributed by atoms with Crippen molar-refractivity contribution in [3.8, 4) is 0 Å². The van der Waals surface area contributed by atoms with Crippen molar-refractivity contribution in [3.05, 3.63) is 0 Å². The van der Waals surface area contributed by atoms with E-state index in [0.29, 0.717) is 6.42 Å². The molecule has 0 bridgehead atoms. The average Bonchev–Trinajstić information content (AvgIpc) is 2.19. The van der Waals surface area contributed by atoms with Gasteiger partial charge in [-0.15, -0.1) is 0 Å². The van der Waals surface area contributed by atoms with E-state index in [-0.39, 0.29) is 23.4 Å². The van der Waals surface area contributed by atoms with E-state index in [4.69, 9.17) is 13.6 Å². The second-order valence-corrected chi connectivity index (χ2v) is 17.9. The van der Waals surface area contributed by atoms with Gasteiger partial charge >= 0.3 is 0 Å². The Morgan fingerprint density at radius 3 is 2.00 bits per heavy atom. The highest BCUT2D eigenvalue weighted by molar-refractivity contribution is 6.74. The van der Waals surface area contributed by atoms with Gasteiger partial charge in [0.15, 0.2) is 22.9 Å². The van der Waals surface area contributed by atoms with Gasteiger partial charge < -0.3 is 18.7 Å². The zero-order valence-electron chi connectivity index (χ0n) is 15.2. The third-order valence-corrected chi connectivity index (χ3v) is 9.86. The largest absolute Gasteiger partial charge is 0.412 e. The van der Waals surface area contributed by atoms with Gasteiger partial charge in [0.05, 0.1) is 18.3 Å². The van der Waals surface area contributed by atoms with E-state index in [9.17, 15) is 5.11 Å². The van der Waals surface area contributed by atoms with Gasteiger partial charge in [-0.1, -0.05) is 20.8 Å². The van der Waals surface area contributed by atoms with Crippen molar-refractivity contribution in [1.29, 1.82) is 0 Å². The van der Waals surface area contributed by atoms with Crippen molar-refractivity contribution in [1.82, 2.24) is 0 Å². The molecule has 0 saturated carbocycles. The van der Waals surface area contributed by atoms with Crippen LogP contribution in [0.5, 0.6) is 0 Å². The maximum absolute atomic E-state index is 9.89. The van der Waals surface area contributed by atoms with Gasteiger partial charge in [-0.2, -0.15) is 0 Å². The SMILES string of the molecule is C[C@@H]1O[C@@H](O)C[C@@H](O[Si](C)(C)C)[C@H]1O[Si](C)(C)C(C)(C)C. The standard InChI is InChI=1S/C15H34O4Si2/c1-11-14(19-21(8,9)15(2,3)4)12(10-13(16)17-11)18-20(5,6)7/h11-14,16H,10H2,1-9H3/t11-,12+,13+,14-/m0/s1. The number of hydrogen-bond acceptors (Lipinski definition) is 4. The summed E-state index contributed by atoms with van der Waals surface area (Å²) in [6.45, 7) is 19.7. The van der Waals surface area contributed by atoms with Gasteiger partial charge in [0.1, 0.15) is 0 Å². The topological polar surface area (TPSA) is 47.9 Å². The molecule has 0 aromatic heterocycles. The molecule has 21 heavy (non-hydrogen) atoms. The van der Waals surface area contributed by atoms with Gasteiger partial charge in [-0.3, -0.25) is 0 Å². The summed E-state index contributed by atoms with van der Waals surface area (Å²) in [6, 6.07) is 0. The van der Waals surface area contributed by atoms with E-state index in [2.05, 4.69) is 53.5 Å². The van der Waals surface area contributed by atoms with Crippen molar-refractivity contribution < 1.29 is 18.7 Å². The fourth-order valence-electron chi connectivity index (χ4n) is 2.27. The van der Waals surface area contributed by atoms with E-state index >= 15 is 0 Å². The molecule has 0 unspecified atom stereocenters. The summed E-state index contributed by atoms with van der Waals surface area (Å²) in [6.07, 6.45) is -0.580. The predicted octanol–water partition coefficient (Wildman–Crippen LogP) is 3.72. The second-order valence-electron chi connectivity index (χ2n) is 8.64. The third kappa shape index (κ3) is 5.44. The summed E-state index contributed by atoms with van der Waals surface area (Å²) in [5, 5.41) is 10.0. The fraction of sp³-hybridized carbons (Fsp3) is 1.00. The highest BCUT2D eigenvalue weighted by Crippen LogP contribution is 2.39. The third-order valence-electron chi connectivity index (χ3n) is 4.38. The monoisotopic (exact) mass is 334 g/mol. The summed E-state index contributed by atoms with van der Waals surface area (Å²) in [5.41, 5.74) is 0. The Morgan fingerprint density at radius 1 is 1.05 bits per heavy atom. The Balaban J connectivity index is 2.93. The lowest BCUT2D eigenvalue weighted by Gasteiger charge is -2.47. The molecule has 1 rings (SSSR count). The number of hydrogen-bond donors (Lipinski definition) is 1. The lowest BCUT2D eigenvalue weighted by Crippen LogP contribution is -2.57. The highest BCUT2D eigenvalue weighted by atomic mass is 28.4. The van der Waals surface area contributed by atoms with Crippen LogP contribution < -0.4 is 0 Å². The van der Waals surface area contributed by atoms with Crippen molar-refractivity contribution in [2.45, 2.75) is 96.5 Å². The van der Waals surface area contributed by atoms with E-state index < -0.39 is 22.9 Å². The molecule has 0 aliphatic carbocycles. The smallest absolute Gasteiger partial charge is 0.192 e. The van der Waals surface area contributed by atoms with E-state index in [0.717, 1.165) is 0 Å². The lowest BCUT2D eigenvalue weighted by molar-refractivity contribution is -0.219. The van der Waals surface area contributed by atoms with E-state index in [1.807, 2.05) is 6.92 Å².